The minimum atomic E-state index is -5.39. The SMILES string of the molecule is O=P([O-])([O-])[O-].O=S(=O)(O)O.[Fe+2].[Li+]. The summed E-state index contributed by atoms with van der Waals surface area (Å²) in [6.07, 6.45) is 0. The predicted molar refractivity (Wildman–Crippen MR) is 21.8 cm³/mol. The number of rotatable bonds is 0. The zero-order chi connectivity index (χ0) is 9.00. The van der Waals surface area contributed by atoms with Gasteiger partial charge >= 0.3 is 46.3 Å². The first-order chi connectivity index (χ1) is 4.00. The van der Waals surface area contributed by atoms with E-state index in [0.717, 1.165) is 0 Å². The molecule has 8 nitrogen and oxygen atoms in total. The molecule has 0 aliphatic rings. The van der Waals surface area contributed by atoms with Crippen LogP contribution in [0.5, 0.6) is 0 Å². The predicted octanol–water partition coefficient (Wildman–Crippen LogP) is -6.48. The van der Waals surface area contributed by atoms with Crippen LogP contribution < -0.4 is 33.5 Å². The van der Waals surface area contributed by atoms with Crippen molar-refractivity contribution in [3.8, 4) is 0 Å². The van der Waals surface area contributed by atoms with Crippen LogP contribution in [0.4, 0.5) is 0 Å². The van der Waals surface area contributed by atoms with Crippen LogP contribution in [-0.4, -0.2) is 17.5 Å². The molecule has 2 N–H and O–H groups in total. The number of phosphoric acid groups is 1. The fourth-order valence-electron chi connectivity index (χ4n) is 0. The summed E-state index contributed by atoms with van der Waals surface area (Å²) in [5.74, 6) is 0. The van der Waals surface area contributed by atoms with Gasteiger partial charge in [0.25, 0.3) is 0 Å². The Morgan fingerprint density at radius 2 is 1.08 bits per heavy atom. The maximum Gasteiger partial charge on any atom is 2.00 e. The van der Waals surface area contributed by atoms with Crippen molar-refractivity contribution in [3.05, 3.63) is 0 Å². The molecule has 0 saturated carbocycles. The van der Waals surface area contributed by atoms with Crippen molar-refractivity contribution in [2.45, 2.75) is 0 Å². The van der Waals surface area contributed by atoms with Crippen LogP contribution in [0.15, 0.2) is 0 Å². The summed E-state index contributed by atoms with van der Waals surface area (Å²) in [5, 5.41) is 0. The molecule has 0 aliphatic carbocycles. The minimum Gasteiger partial charge on any atom is -0.822 e. The molecule has 0 aliphatic heterocycles. The molecular formula is H2FeLiO8PS. The number of hydrogen-bond acceptors (Lipinski definition) is 6. The Hall–Kier alpha value is 1.10. The zero-order valence-corrected chi connectivity index (χ0v) is 8.37. The fourth-order valence-corrected chi connectivity index (χ4v) is 0. The monoisotopic (exact) mass is 256 g/mol. The molecule has 0 rings (SSSR count). The van der Waals surface area contributed by atoms with Gasteiger partial charge in [0.2, 0.25) is 0 Å². The van der Waals surface area contributed by atoms with Gasteiger partial charge in [-0.15, -0.1) is 0 Å². The third kappa shape index (κ3) is 940. The molecule has 0 radical (unpaired) electrons. The van der Waals surface area contributed by atoms with Crippen LogP contribution in [0.2, 0.25) is 0 Å². The average Bonchev–Trinajstić information content (AvgIpc) is 1.12. The summed E-state index contributed by atoms with van der Waals surface area (Å²) in [4.78, 5) is 25.6. The van der Waals surface area contributed by atoms with Crippen LogP contribution in [0.25, 0.3) is 0 Å². The quantitative estimate of drug-likeness (QED) is 0.245. The minimum absolute atomic E-state index is 0. The van der Waals surface area contributed by atoms with Crippen molar-refractivity contribution in [1.29, 1.82) is 0 Å². The molecule has 0 atom stereocenters. The van der Waals surface area contributed by atoms with Crippen LogP contribution in [0.3, 0.4) is 0 Å². The Bertz CT molecular complexity index is 197. The van der Waals surface area contributed by atoms with Crippen molar-refractivity contribution >= 4 is 18.2 Å². The van der Waals surface area contributed by atoms with Crippen LogP contribution in [0, 0.1) is 0 Å². The van der Waals surface area contributed by atoms with Crippen LogP contribution in [0.1, 0.15) is 0 Å². The van der Waals surface area contributed by atoms with E-state index in [0.29, 0.717) is 0 Å². The molecule has 0 amide bonds. The van der Waals surface area contributed by atoms with E-state index in [1.54, 1.807) is 0 Å². The smallest absolute Gasteiger partial charge is 0.822 e. The summed E-state index contributed by atoms with van der Waals surface area (Å²) < 4.78 is 40.1. The van der Waals surface area contributed by atoms with Gasteiger partial charge in [-0.3, -0.25) is 9.11 Å². The van der Waals surface area contributed by atoms with Gasteiger partial charge < -0.3 is 19.2 Å². The molecule has 70 valence electrons. The molecule has 0 saturated heterocycles. The van der Waals surface area contributed by atoms with Gasteiger partial charge in [0.1, 0.15) is 0 Å². The standard InChI is InChI=1S/Fe.Li.H3O4P.H2O4S/c;;2*1-5(2,3)4/h;;(H3,1,2,3,4);(H2,1,2,3,4)/q+2;+1;;/p-3. The van der Waals surface area contributed by atoms with Gasteiger partial charge in [-0.1, -0.05) is 0 Å². The van der Waals surface area contributed by atoms with Crippen molar-refractivity contribution < 1.29 is 72.7 Å². The third-order valence-corrected chi connectivity index (χ3v) is 0. The van der Waals surface area contributed by atoms with Gasteiger partial charge in [0.05, 0.1) is 0 Å². The molecule has 0 unspecified atom stereocenters. The van der Waals surface area contributed by atoms with E-state index in [1.807, 2.05) is 0 Å². The first kappa shape index (κ1) is 23.2. The molecular weight excluding hydrogens is 254 g/mol. The van der Waals surface area contributed by atoms with Gasteiger partial charge in [0.15, 0.2) is 0 Å². The average molecular weight is 256 g/mol. The Morgan fingerprint density at radius 3 is 1.08 bits per heavy atom. The summed E-state index contributed by atoms with van der Waals surface area (Å²) in [6, 6.07) is 0. The first-order valence-corrected chi connectivity index (χ1v) is 4.29. The molecule has 0 spiro atoms. The van der Waals surface area contributed by atoms with Crippen LogP contribution >= 0.6 is 7.82 Å². The largest absolute Gasteiger partial charge is 2.00 e. The summed E-state index contributed by atoms with van der Waals surface area (Å²) >= 11 is 0. The molecule has 0 aromatic rings. The molecule has 0 fully saturated rings. The second-order valence-corrected chi connectivity index (χ2v) is 2.69. The van der Waals surface area contributed by atoms with Gasteiger partial charge in [0, 0.05) is 0 Å². The van der Waals surface area contributed by atoms with E-state index in [1.165, 1.54) is 0 Å². The Balaban J connectivity index is -0.0000000457. The van der Waals surface area contributed by atoms with Gasteiger partial charge in [-0.25, -0.2) is 0 Å². The topological polar surface area (TPSA) is 161 Å². The number of hydrogen-bond donors (Lipinski definition) is 2. The maximum atomic E-state index is 8.74. The van der Waals surface area contributed by atoms with E-state index in [-0.39, 0.29) is 35.9 Å². The van der Waals surface area contributed by atoms with E-state index < -0.39 is 18.2 Å². The Morgan fingerprint density at radius 1 is 1.08 bits per heavy atom. The van der Waals surface area contributed by atoms with Crippen molar-refractivity contribution in [2.24, 2.45) is 0 Å². The van der Waals surface area contributed by atoms with E-state index >= 15 is 0 Å². The van der Waals surface area contributed by atoms with E-state index in [9.17, 15) is 0 Å². The summed E-state index contributed by atoms with van der Waals surface area (Å²) in [5.41, 5.74) is 0. The molecule has 0 bridgehead atoms. The zero-order valence-electron chi connectivity index (χ0n) is 5.55. The molecule has 12 heavy (non-hydrogen) atoms. The van der Waals surface area contributed by atoms with Gasteiger partial charge in [-0.05, 0) is 0 Å². The fraction of sp³-hybridized carbons (Fsp3) is 0. The van der Waals surface area contributed by atoms with E-state index in [4.69, 9.17) is 36.8 Å². The summed E-state index contributed by atoms with van der Waals surface area (Å²) in [6.45, 7) is 0. The van der Waals surface area contributed by atoms with Gasteiger partial charge in [-0.2, -0.15) is 16.2 Å². The molecule has 0 aromatic carbocycles. The molecule has 0 heterocycles. The second-order valence-electron chi connectivity index (χ2n) is 0.895. The summed E-state index contributed by atoms with van der Waals surface area (Å²) in [7, 11) is -10.1. The first-order valence-electron chi connectivity index (χ1n) is 1.43. The maximum absolute atomic E-state index is 8.74. The van der Waals surface area contributed by atoms with Crippen molar-refractivity contribution in [3.63, 3.8) is 0 Å². The van der Waals surface area contributed by atoms with E-state index in [2.05, 4.69) is 0 Å². The Labute approximate surface area is 90.8 Å². The van der Waals surface area contributed by atoms with Crippen molar-refractivity contribution in [1.82, 2.24) is 0 Å². The normalized spacial score (nSPS) is 9.75. The van der Waals surface area contributed by atoms with Crippen molar-refractivity contribution in [2.75, 3.05) is 0 Å². The third-order valence-electron chi connectivity index (χ3n) is 0. The molecule has 0 aromatic heterocycles. The molecule has 12 heteroatoms. The second kappa shape index (κ2) is 8.68. The Kier molecular flexibility index (Phi) is 16.8. The van der Waals surface area contributed by atoms with Crippen LogP contribution in [-0.2, 0) is 32.0 Å².